The number of aliphatic imine (C=N–C) groups is 1. The molecule has 2 rings (SSSR count). The van der Waals surface area contributed by atoms with E-state index < -0.39 is 0 Å². The largest absolute Gasteiger partial charge is 0.493 e. The molecule has 4 heteroatoms. The SMILES string of the molecule is CC[C@@H](C)Oc1c(Cl)cc(C=Nc2ccc(C)c(C)c2)cc1OC. The van der Waals surface area contributed by atoms with Gasteiger partial charge in [0, 0.05) is 6.21 Å². The van der Waals surface area contributed by atoms with Crippen molar-refractivity contribution >= 4 is 23.5 Å². The summed E-state index contributed by atoms with van der Waals surface area (Å²) in [5.74, 6) is 1.20. The van der Waals surface area contributed by atoms with Gasteiger partial charge in [0.05, 0.1) is 23.9 Å². The van der Waals surface area contributed by atoms with E-state index in [0.29, 0.717) is 16.5 Å². The summed E-state index contributed by atoms with van der Waals surface area (Å²) in [6.07, 6.45) is 2.76. The van der Waals surface area contributed by atoms with Crippen molar-refractivity contribution in [1.82, 2.24) is 0 Å². The second-order valence-electron chi connectivity index (χ2n) is 5.90. The van der Waals surface area contributed by atoms with E-state index >= 15 is 0 Å². The first-order valence-electron chi connectivity index (χ1n) is 8.10. The van der Waals surface area contributed by atoms with Gasteiger partial charge in [-0.05, 0) is 68.1 Å². The number of halogens is 1. The van der Waals surface area contributed by atoms with Crippen molar-refractivity contribution < 1.29 is 9.47 Å². The lowest BCUT2D eigenvalue weighted by Crippen LogP contribution is -2.11. The Morgan fingerprint density at radius 3 is 2.54 bits per heavy atom. The van der Waals surface area contributed by atoms with Crippen LogP contribution in [0.25, 0.3) is 0 Å². The van der Waals surface area contributed by atoms with Crippen LogP contribution in [0, 0.1) is 13.8 Å². The van der Waals surface area contributed by atoms with Gasteiger partial charge in [0.1, 0.15) is 0 Å². The minimum Gasteiger partial charge on any atom is -0.493 e. The van der Waals surface area contributed by atoms with Crippen molar-refractivity contribution in [2.45, 2.75) is 40.2 Å². The van der Waals surface area contributed by atoms with Crippen molar-refractivity contribution in [1.29, 1.82) is 0 Å². The summed E-state index contributed by atoms with van der Waals surface area (Å²) < 4.78 is 11.3. The zero-order valence-electron chi connectivity index (χ0n) is 14.9. The molecular weight excluding hydrogens is 322 g/mol. The average molecular weight is 346 g/mol. The highest BCUT2D eigenvalue weighted by Gasteiger charge is 2.13. The lowest BCUT2D eigenvalue weighted by Gasteiger charge is -2.17. The number of methoxy groups -OCH3 is 1. The number of benzene rings is 2. The van der Waals surface area contributed by atoms with Gasteiger partial charge in [0.25, 0.3) is 0 Å². The van der Waals surface area contributed by atoms with Crippen LogP contribution < -0.4 is 9.47 Å². The average Bonchev–Trinajstić information content (AvgIpc) is 2.57. The zero-order chi connectivity index (χ0) is 17.7. The molecule has 0 fully saturated rings. The third kappa shape index (κ3) is 4.51. The summed E-state index contributed by atoms with van der Waals surface area (Å²) in [5.41, 5.74) is 4.25. The fourth-order valence-electron chi connectivity index (χ4n) is 2.17. The van der Waals surface area contributed by atoms with Crippen LogP contribution in [0.1, 0.15) is 37.0 Å². The number of rotatable bonds is 6. The molecule has 2 aromatic rings. The molecule has 128 valence electrons. The predicted octanol–water partition coefficient (Wildman–Crippen LogP) is 5.89. The molecule has 0 aliphatic carbocycles. The zero-order valence-corrected chi connectivity index (χ0v) is 15.6. The maximum absolute atomic E-state index is 6.38. The number of ether oxygens (including phenoxy) is 2. The van der Waals surface area contributed by atoms with Crippen LogP contribution >= 0.6 is 11.6 Å². The van der Waals surface area contributed by atoms with Gasteiger partial charge in [-0.3, -0.25) is 4.99 Å². The molecule has 0 aliphatic rings. The molecule has 2 aromatic carbocycles. The fraction of sp³-hybridized carbons (Fsp3) is 0.350. The van der Waals surface area contributed by atoms with Gasteiger partial charge < -0.3 is 9.47 Å². The third-order valence-corrected chi connectivity index (χ3v) is 4.28. The fourth-order valence-corrected chi connectivity index (χ4v) is 2.43. The molecule has 24 heavy (non-hydrogen) atoms. The molecule has 0 saturated carbocycles. The van der Waals surface area contributed by atoms with Crippen LogP contribution in [-0.4, -0.2) is 19.4 Å². The van der Waals surface area contributed by atoms with E-state index in [-0.39, 0.29) is 6.10 Å². The highest BCUT2D eigenvalue weighted by molar-refractivity contribution is 6.32. The Bertz CT molecular complexity index is 741. The van der Waals surface area contributed by atoms with Gasteiger partial charge in [-0.1, -0.05) is 24.6 Å². The first kappa shape index (κ1) is 18.3. The molecule has 0 saturated heterocycles. The molecular formula is C20H24ClNO2. The first-order chi connectivity index (χ1) is 11.4. The lowest BCUT2D eigenvalue weighted by molar-refractivity contribution is 0.208. The van der Waals surface area contributed by atoms with E-state index in [1.54, 1.807) is 13.3 Å². The van der Waals surface area contributed by atoms with Gasteiger partial charge in [0.15, 0.2) is 11.5 Å². The summed E-state index contributed by atoms with van der Waals surface area (Å²) in [7, 11) is 1.61. The van der Waals surface area contributed by atoms with E-state index in [4.69, 9.17) is 21.1 Å². The van der Waals surface area contributed by atoms with Crippen molar-refractivity contribution in [3.63, 3.8) is 0 Å². The number of hydrogen-bond acceptors (Lipinski definition) is 3. The third-order valence-electron chi connectivity index (χ3n) is 4.00. The summed E-state index contributed by atoms with van der Waals surface area (Å²) >= 11 is 6.38. The first-order valence-corrected chi connectivity index (χ1v) is 8.48. The van der Waals surface area contributed by atoms with E-state index in [2.05, 4.69) is 37.9 Å². The Balaban J connectivity index is 2.29. The molecule has 0 unspecified atom stereocenters. The number of hydrogen-bond donors (Lipinski definition) is 0. The van der Waals surface area contributed by atoms with Gasteiger partial charge in [-0.15, -0.1) is 0 Å². The summed E-state index contributed by atoms with van der Waals surface area (Å²) in [4.78, 5) is 4.52. The normalized spacial score (nSPS) is 12.4. The van der Waals surface area contributed by atoms with Crippen LogP contribution in [0.15, 0.2) is 35.3 Å². The van der Waals surface area contributed by atoms with Crippen molar-refractivity contribution in [2.24, 2.45) is 4.99 Å². The second kappa shape index (κ2) is 8.20. The molecule has 0 bridgehead atoms. The van der Waals surface area contributed by atoms with E-state index in [9.17, 15) is 0 Å². The highest BCUT2D eigenvalue weighted by atomic mass is 35.5. The molecule has 0 aromatic heterocycles. The van der Waals surface area contributed by atoms with Crippen molar-refractivity contribution in [3.8, 4) is 11.5 Å². The van der Waals surface area contributed by atoms with Gasteiger partial charge in [-0.2, -0.15) is 0 Å². The molecule has 0 aliphatic heterocycles. The standard InChI is InChI=1S/C20H24ClNO2/c1-6-15(4)24-20-18(21)10-16(11-19(20)23-5)12-22-17-8-7-13(2)14(3)9-17/h7-12,15H,6H2,1-5H3/t15-/m1/s1. The van der Waals surface area contributed by atoms with E-state index in [0.717, 1.165) is 17.7 Å². The number of nitrogens with zero attached hydrogens (tertiary/aromatic N) is 1. The molecule has 0 radical (unpaired) electrons. The molecule has 0 heterocycles. The molecule has 0 amide bonds. The topological polar surface area (TPSA) is 30.8 Å². The predicted molar refractivity (Wildman–Crippen MR) is 102 cm³/mol. The van der Waals surface area contributed by atoms with Crippen LogP contribution in [0.2, 0.25) is 5.02 Å². The molecule has 3 nitrogen and oxygen atoms in total. The highest BCUT2D eigenvalue weighted by Crippen LogP contribution is 2.37. The Morgan fingerprint density at radius 1 is 1.17 bits per heavy atom. The second-order valence-corrected chi connectivity index (χ2v) is 6.30. The van der Waals surface area contributed by atoms with Gasteiger partial charge in [0.2, 0.25) is 0 Å². The quantitative estimate of drug-likeness (QED) is 0.611. The Labute approximate surface area is 149 Å². The Kier molecular flexibility index (Phi) is 6.27. The van der Waals surface area contributed by atoms with Crippen LogP contribution in [0.3, 0.4) is 0 Å². The van der Waals surface area contributed by atoms with Crippen LogP contribution in [0.5, 0.6) is 11.5 Å². The maximum atomic E-state index is 6.38. The van der Waals surface area contributed by atoms with Crippen LogP contribution in [-0.2, 0) is 0 Å². The summed E-state index contributed by atoms with van der Waals surface area (Å²) in [6.45, 7) is 8.24. The molecule has 1 atom stereocenters. The van der Waals surface area contributed by atoms with Gasteiger partial charge >= 0.3 is 0 Å². The Hall–Kier alpha value is -2.00. The lowest BCUT2D eigenvalue weighted by atomic mass is 10.1. The minimum absolute atomic E-state index is 0.0754. The molecule has 0 spiro atoms. The minimum atomic E-state index is 0.0754. The maximum Gasteiger partial charge on any atom is 0.180 e. The monoisotopic (exact) mass is 345 g/mol. The van der Waals surface area contributed by atoms with E-state index in [1.807, 2.05) is 25.1 Å². The number of aryl methyl sites for hydroxylation is 2. The van der Waals surface area contributed by atoms with Crippen molar-refractivity contribution in [2.75, 3.05) is 7.11 Å². The smallest absolute Gasteiger partial charge is 0.180 e. The van der Waals surface area contributed by atoms with Crippen LogP contribution in [0.4, 0.5) is 5.69 Å². The van der Waals surface area contributed by atoms with Crippen molar-refractivity contribution in [3.05, 3.63) is 52.0 Å². The van der Waals surface area contributed by atoms with E-state index in [1.165, 1.54) is 11.1 Å². The summed E-state index contributed by atoms with van der Waals surface area (Å²) in [6, 6.07) is 9.85. The van der Waals surface area contributed by atoms with Gasteiger partial charge in [-0.25, -0.2) is 0 Å². The Morgan fingerprint density at radius 2 is 1.92 bits per heavy atom. The summed E-state index contributed by atoms with van der Waals surface area (Å²) in [5, 5.41) is 0.524. The molecule has 0 N–H and O–H groups in total.